The first-order valence-electron chi connectivity index (χ1n) is 8.02. The van der Waals surface area contributed by atoms with Gasteiger partial charge in [-0.15, -0.1) is 0 Å². The Morgan fingerprint density at radius 2 is 1.18 bits per heavy atom. The molecule has 0 heterocycles. The molecule has 0 aliphatic heterocycles. The van der Waals surface area contributed by atoms with Gasteiger partial charge in [0.05, 0.1) is 0 Å². The monoisotopic (exact) mass is 296 g/mol. The quantitative estimate of drug-likeness (QED) is 0.671. The number of hydrogen-bond donors (Lipinski definition) is 0. The van der Waals surface area contributed by atoms with Crippen molar-refractivity contribution in [3.8, 4) is 0 Å². The lowest BCUT2D eigenvalue weighted by atomic mass is 9.65. The van der Waals surface area contributed by atoms with E-state index in [9.17, 15) is 4.79 Å². The molecular formula is C21H28O. The van der Waals surface area contributed by atoms with Crippen molar-refractivity contribution < 1.29 is 4.79 Å². The van der Waals surface area contributed by atoms with E-state index in [1.807, 2.05) is 6.07 Å². The highest BCUT2D eigenvalue weighted by molar-refractivity contribution is 6.11. The summed E-state index contributed by atoms with van der Waals surface area (Å²) < 4.78 is 0. The molecule has 0 fully saturated rings. The molecular weight excluding hydrogens is 268 g/mol. The molecule has 1 aliphatic rings. The third-order valence-corrected chi connectivity index (χ3v) is 4.39. The zero-order chi connectivity index (χ0) is 16.8. The van der Waals surface area contributed by atoms with Crippen LogP contribution in [0.5, 0.6) is 0 Å². The number of hydrogen-bond acceptors (Lipinski definition) is 1. The highest BCUT2D eigenvalue weighted by atomic mass is 16.1. The van der Waals surface area contributed by atoms with Crippen LogP contribution in [-0.4, -0.2) is 5.78 Å². The fraction of sp³-hybridized carbons (Fsp3) is 0.476. The van der Waals surface area contributed by atoms with Gasteiger partial charge >= 0.3 is 0 Å². The number of allylic oxidation sites excluding steroid dienone is 4. The molecule has 22 heavy (non-hydrogen) atoms. The molecule has 1 aliphatic carbocycles. The van der Waals surface area contributed by atoms with Crippen LogP contribution in [0.2, 0.25) is 0 Å². The maximum Gasteiger partial charge on any atom is 0.185 e. The highest BCUT2D eigenvalue weighted by Crippen LogP contribution is 2.44. The van der Waals surface area contributed by atoms with Crippen molar-refractivity contribution in [1.82, 2.24) is 0 Å². The molecule has 1 heteroatoms. The van der Waals surface area contributed by atoms with E-state index in [-0.39, 0.29) is 22.0 Å². The molecule has 1 aromatic carbocycles. The summed E-state index contributed by atoms with van der Waals surface area (Å²) in [4.78, 5) is 13.0. The fourth-order valence-electron chi connectivity index (χ4n) is 3.00. The summed E-state index contributed by atoms with van der Waals surface area (Å²) in [5.74, 6) is 0.202. The zero-order valence-corrected chi connectivity index (χ0v) is 14.9. The normalized spacial score (nSPS) is 18.8. The van der Waals surface area contributed by atoms with E-state index in [1.54, 1.807) is 0 Å². The van der Waals surface area contributed by atoms with Crippen LogP contribution in [0.4, 0.5) is 0 Å². The molecule has 1 aromatic rings. The van der Waals surface area contributed by atoms with E-state index < -0.39 is 0 Å². The molecule has 0 radical (unpaired) electrons. The Hall–Kier alpha value is -1.63. The van der Waals surface area contributed by atoms with Crippen molar-refractivity contribution in [2.45, 2.75) is 53.9 Å². The van der Waals surface area contributed by atoms with E-state index in [0.717, 1.165) is 11.1 Å². The average Bonchev–Trinajstić information content (AvgIpc) is 2.40. The number of rotatable bonds is 1. The molecule has 2 rings (SSSR count). The largest absolute Gasteiger partial charge is 0.289 e. The van der Waals surface area contributed by atoms with E-state index in [2.05, 4.69) is 84.9 Å². The maximum absolute atomic E-state index is 13.0. The Morgan fingerprint density at radius 1 is 0.773 bits per heavy atom. The van der Waals surface area contributed by atoms with Crippen molar-refractivity contribution in [2.75, 3.05) is 0 Å². The second-order valence-electron chi connectivity index (χ2n) is 8.59. The van der Waals surface area contributed by atoms with Gasteiger partial charge in [-0.25, -0.2) is 0 Å². The number of benzene rings is 1. The lowest BCUT2D eigenvalue weighted by molar-refractivity contribution is -0.114. The molecule has 0 amide bonds. The van der Waals surface area contributed by atoms with Gasteiger partial charge in [0.1, 0.15) is 0 Å². The van der Waals surface area contributed by atoms with Crippen molar-refractivity contribution in [1.29, 1.82) is 0 Å². The Morgan fingerprint density at radius 3 is 1.55 bits per heavy atom. The topological polar surface area (TPSA) is 17.1 Å². The van der Waals surface area contributed by atoms with Crippen LogP contribution in [0.1, 0.15) is 54.0 Å². The smallest absolute Gasteiger partial charge is 0.185 e. The van der Waals surface area contributed by atoms with Gasteiger partial charge in [-0.05, 0) is 23.3 Å². The van der Waals surface area contributed by atoms with Crippen molar-refractivity contribution in [3.05, 3.63) is 59.2 Å². The van der Waals surface area contributed by atoms with E-state index in [4.69, 9.17) is 0 Å². The molecule has 0 atom stereocenters. The minimum Gasteiger partial charge on any atom is -0.289 e. The minimum absolute atomic E-state index is 0.155. The predicted molar refractivity (Wildman–Crippen MR) is 93.9 cm³/mol. The van der Waals surface area contributed by atoms with E-state index in [0.29, 0.717) is 0 Å². The van der Waals surface area contributed by atoms with Crippen LogP contribution >= 0.6 is 0 Å². The second-order valence-corrected chi connectivity index (χ2v) is 8.59. The molecule has 1 nitrogen and oxygen atoms in total. The lowest BCUT2D eigenvalue weighted by Crippen LogP contribution is -2.34. The predicted octanol–water partition coefficient (Wildman–Crippen LogP) is 5.47. The molecule has 0 aromatic heterocycles. The molecule has 0 bridgehead atoms. The van der Waals surface area contributed by atoms with Gasteiger partial charge in [0.15, 0.2) is 5.78 Å². The van der Waals surface area contributed by atoms with Gasteiger partial charge in [0, 0.05) is 16.6 Å². The number of Topliss-reactive ketones (excluding diaryl/α,β-unsaturated/α-hetero) is 1. The molecule has 118 valence electrons. The summed E-state index contributed by atoms with van der Waals surface area (Å²) in [6.07, 6.45) is 4.33. The van der Waals surface area contributed by atoms with Crippen LogP contribution in [0.3, 0.4) is 0 Å². The first-order valence-corrected chi connectivity index (χ1v) is 8.02. The van der Waals surface area contributed by atoms with E-state index in [1.165, 1.54) is 5.56 Å². The van der Waals surface area contributed by atoms with E-state index >= 15 is 0 Å². The van der Waals surface area contributed by atoms with Gasteiger partial charge in [-0.2, -0.15) is 0 Å². The van der Waals surface area contributed by atoms with Gasteiger partial charge in [0.25, 0.3) is 0 Å². The Labute approximate surface area is 135 Å². The Bertz CT molecular complexity index is 597. The van der Waals surface area contributed by atoms with Crippen molar-refractivity contribution >= 4 is 5.78 Å². The summed E-state index contributed by atoms with van der Waals surface area (Å²) in [6.45, 7) is 14.9. The van der Waals surface area contributed by atoms with Gasteiger partial charge in [-0.3, -0.25) is 4.79 Å². The van der Waals surface area contributed by atoms with Gasteiger partial charge < -0.3 is 0 Å². The summed E-state index contributed by atoms with van der Waals surface area (Å²) in [6, 6.07) is 10.4. The number of ketones is 1. The number of carbonyl (C=O) groups is 1. The van der Waals surface area contributed by atoms with Crippen LogP contribution in [-0.2, 0) is 10.2 Å². The third-order valence-electron chi connectivity index (χ3n) is 4.39. The van der Waals surface area contributed by atoms with Crippen LogP contribution < -0.4 is 0 Å². The summed E-state index contributed by atoms with van der Waals surface area (Å²) >= 11 is 0. The summed E-state index contributed by atoms with van der Waals surface area (Å²) in [5.41, 5.74) is 2.53. The van der Waals surface area contributed by atoms with Crippen LogP contribution in [0.15, 0.2) is 53.6 Å². The Kier molecular flexibility index (Phi) is 3.97. The molecule has 0 N–H and O–H groups in total. The highest BCUT2D eigenvalue weighted by Gasteiger charge is 2.39. The second kappa shape index (κ2) is 5.22. The molecule has 0 spiro atoms. The third kappa shape index (κ3) is 3.09. The van der Waals surface area contributed by atoms with Crippen LogP contribution in [0.25, 0.3) is 0 Å². The maximum atomic E-state index is 13.0. The first kappa shape index (κ1) is 16.7. The van der Waals surface area contributed by atoms with Crippen molar-refractivity contribution in [2.24, 2.45) is 10.8 Å². The molecule has 0 unspecified atom stereocenters. The fourth-order valence-corrected chi connectivity index (χ4v) is 3.00. The zero-order valence-electron chi connectivity index (χ0n) is 14.9. The first-order chi connectivity index (χ1) is 9.95. The standard InChI is InChI=1S/C21H28O/c1-19(2,3)16-13-21(7,15-11-9-8-10-12-15)14-17(18(16)22)20(4,5)6/h8-14H,1-7H3. The minimum atomic E-state index is -0.236. The number of carbonyl (C=O) groups excluding carboxylic acids is 1. The van der Waals surface area contributed by atoms with Gasteiger partial charge in [0.2, 0.25) is 0 Å². The molecule has 0 saturated carbocycles. The SMILES string of the molecule is CC(C)(C)C1=CC(C)(c2ccccc2)C=C(C(C)(C)C)C1=O. The van der Waals surface area contributed by atoms with Gasteiger partial charge in [-0.1, -0.05) is 84.0 Å². The molecule has 0 saturated heterocycles. The summed E-state index contributed by atoms with van der Waals surface area (Å²) in [7, 11) is 0. The summed E-state index contributed by atoms with van der Waals surface area (Å²) in [5, 5.41) is 0. The average molecular weight is 296 g/mol. The van der Waals surface area contributed by atoms with Crippen molar-refractivity contribution in [3.63, 3.8) is 0 Å². The Balaban J connectivity index is 2.69. The van der Waals surface area contributed by atoms with Crippen LogP contribution in [0, 0.1) is 10.8 Å². The lowest BCUT2D eigenvalue weighted by Gasteiger charge is -2.37.